The highest BCUT2D eigenvalue weighted by Gasteiger charge is 2.05. The van der Waals surface area contributed by atoms with E-state index in [9.17, 15) is 4.79 Å². The van der Waals surface area contributed by atoms with E-state index in [1.54, 1.807) is 23.1 Å². The van der Waals surface area contributed by atoms with Crippen LogP contribution in [-0.4, -0.2) is 17.8 Å². The molecule has 1 nitrogen and oxygen atoms in total. The molecule has 0 aliphatic rings. The van der Waals surface area contributed by atoms with Gasteiger partial charge in [-0.1, -0.05) is 0 Å². The van der Waals surface area contributed by atoms with Crippen LogP contribution >= 0.6 is 39.0 Å². The highest BCUT2D eigenvalue weighted by Crippen LogP contribution is 2.21. The Morgan fingerprint density at radius 3 is 3.00 bits per heavy atom. The third-order valence-electron chi connectivity index (χ3n) is 1.16. The van der Waals surface area contributed by atoms with Crippen molar-refractivity contribution in [1.82, 2.24) is 0 Å². The summed E-state index contributed by atoms with van der Waals surface area (Å²) in [5.74, 6) is 0.780. The zero-order chi connectivity index (χ0) is 8.27. The molecule has 0 N–H and O–H groups in total. The Hall–Kier alpha value is 0.200. The highest BCUT2D eigenvalue weighted by molar-refractivity contribution is 9.11. The van der Waals surface area contributed by atoms with Gasteiger partial charge in [-0.15, -0.1) is 11.3 Å². The van der Waals surface area contributed by atoms with Gasteiger partial charge in [-0.2, -0.15) is 11.8 Å². The molecule has 0 atom stereocenters. The lowest BCUT2D eigenvalue weighted by atomic mass is 10.2. The minimum absolute atomic E-state index is 0.208. The van der Waals surface area contributed by atoms with Crippen LogP contribution < -0.4 is 0 Å². The maximum absolute atomic E-state index is 11.2. The lowest BCUT2D eigenvalue weighted by Gasteiger charge is -1.91. The molecule has 0 bridgehead atoms. The molecular formula is C7H7BrOS2. The summed E-state index contributed by atoms with van der Waals surface area (Å²) in [7, 11) is 0. The van der Waals surface area contributed by atoms with Crippen LogP contribution in [0.5, 0.6) is 0 Å². The Balaban J connectivity index is 2.69. The first kappa shape index (κ1) is 9.29. The third-order valence-corrected chi connectivity index (χ3v) is 3.22. The number of carbonyl (C=O) groups is 1. The van der Waals surface area contributed by atoms with Crippen LogP contribution in [-0.2, 0) is 0 Å². The summed E-state index contributed by atoms with van der Waals surface area (Å²) in [6.45, 7) is 0. The predicted molar refractivity (Wildman–Crippen MR) is 54.7 cm³/mol. The molecule has 0 fully saturated rings. The van der Waals surface area contributed by atoms with Gasteiger partial charge in [-0.3, -0.25) is 4.79 Å². The molecule has 4 heteroatoms. The Morgan fingerprint density at radius 2 is 2.55 bits per heavy atom. The maximum atomic E-state index is 11.2. The first-order valence-corrected chi connectivity index (χ1v) is 6.07. The second kappa shape index (κ2) is 4.28. The fourth-order valence-electron chi connectivity index (χ4n) is 0.671. The number of Topliss-reactive ketones (excluding diaryl/α,β-unsaturated/α-hetero) is 1. The van der Waals surface area contributed by atoms with Crippen LogP contribution in [0.1, 0.15) is 10.4 Å². The van der Waals surface area contributed by atoms with Gasteiger partial charge < -0.3 is 0 Å². The zero-order valence-electron chi connectivity index (χ0n) is 5.96. The largest absolute Gasteiger partial charge is 0.293 e. The molecule has 1 aromatic heterocycles. The van der Waals surface area contributed by atoms with E-state index in [1.807, 2.05) is 17.7 Å². The van der Waals surface area contributed by atoms with Crippen LogP contribution in [0, 0.1) is 0 Å². The number of thioether (sulfide) groups is 1. The monoisotopic (exact) mass is 250 g/mol. The van der Waals surface area contributed by atoms with E-state index in [2.05, 4.69) is 15.9 Å². The molecular weight excluding hydrogens is 244 g/mol. The van der Waals surface area contributed by atoms with Gasteiger partial charge in [0.2, 0.25) is 0 Å². The number of ketones is 1. The molecule has 0 saturated heterocycles. The van der Waals surface area contributed by atoms with Gasteiger partial charge in [-0.25, -0.2) is 0 Å². The van der Waals surface area contributed by atoms with Crippen molar-refractivity contribution < 1.29 is 4.79 Å². The number of hydrogen-bond acceptors (Lipinski definition) is 3. The van der Waals surface area contributed by atoms with Crippen molar-refractivity contribution >= 4 is 44.8 Å². The lowest BCUT2D eigenvalue weighted by Crippen LogP contribution is -1.99. The molecule has 0 amide bonds. The molecule has 0 spiro atoms. The zero-order valence-corrected chi connectivity index (χ0v) is 9.18. The van der Waals surface area contributed by atoms with Crippen molar-refractivity contribution in [3.05, 3.63) is 20.8 Å². The van der Waals surface area contributed by atoms with E-state index < -0.39 is 0 Å². The molecule has 1 aromatic rings. The number of hydrogen-bond donors (Lipinski definition) is 0. The highest BCUT2D eigenvalue weighted by atomic mass is 79.9. The molecule has 0 unspecified atom stereocenters. The summed E-state index contributed by atoms with van der Waals surface area (Å²) in [5, 5.41) is 1.88. The van der Waals surface area contributed by atoms with E-state index in [1.165, 1.54) is 0 Å². The Kier molecular flexibility index (Phi) is 3.62. The van der Waals surface area contributed by atoms with Gasteiger partial charge in [0.15, 0.2) is 5.78 Å². The molecule has 11 heavy (non-hydrogen) atoms. The van der Waals surface area contributed by atoms with Crippen LogP contribution in [0.3, 0.4) is 0 Å². The quantitative estimate of drug-likeness (QED) is 0.768. The Labute approximate surface area is 82.3 Å². The van der Waals surface area contributed by atoms with Gasteiger partial charge in [0.25, 0.3) is 0 Å². The minimum atomic E-state index is 0.208. The van der Waals surface area contributed by atoms with E-state index in [4.69, 9.17) is 0 Å². The summed E-state index contributed by atoms with van der Waals surface area (Å²) in [5.41, 5.74) is 0.816. The van der Waals surface area contributed by atoms with Gasteiger partial charge in [0.1, 0.15) is 0 Å². The number of thiophene rings is 1. The summed E-state index contributed by atoms with van der Waals surface area (Å²) in [6, 6.07) is 1.86. The fraction of sp³-hybridized carbons (Fsp3) is 0.286. The first-order chi connectivity index (χ1) is 5.24. The lowest BCUT2D eigenvalue weighted by molar-refractivity contribution is 0.102. The van der Waals surface area contributed by atoms with Crippen LogP contribution in [0.2, 0.25) is 0 Å². The van der Waals surface area contributed by atoms with Gasteiger partial charge >= 0.3 is 0 Å². The van der Waals surface area contributed by atoms with Gasteiger partial charge in [0, 0.05) is 10.9 Å². The number of carbonyl (C=O) groups excluding carboxylic acids is 1. The molecule has 60 valence electrons. The average molecular weight is 251 g/mol. The molecule has 0 aliphatic carbocycles. The molecule has 0 aliphatic heterocycles. The van der Waals surface area contributed by atoms with Gasteiger partial charge in [-0.05, 0) is 28.3 Å². The molecule has 0 saturated carbocycles. The Bertz CT molecular complexity index is 257. The van der Waals surface area contributed by atoms with Crippen LogP contribution in [0.25, 0.3) is 0 Å². The summed E-state index contributed by atoms with van der Waals surface area (Å²) < 4.78 is 1.02. The molecule has 0 radical (unpaired) electrons. The summed E-state index contributed by atoms with van der Waals surface area (Å²) >= 11 is 6.41. The SMILES string of the molecule is CSCC(=O)c1csc(Br)c1. The van der Waals surface area contributed by atoms with Crippen molar-refractivity contribution in [2.24, 2.45) is 0 Å². The van der Waals surface area contributed by atoms with E-state index in [0.717, 1.165) is 9.35 Å². The summed E-state index contributed by atoms with van der Waals surface area (Å²) in [4.78, 5) is 11.2. The van der Waals surface area contributed by atoms with Crippen molar-refractivity contribution in [3.8, 4) is 0 Å². The standard InChI is InChI=1S/C7H7BrOS2/c1-10-4-6(9)5-2-7(8)11-3-5/h2-3H,4H2,1H3. The maximum Gasteiger partial charge on any atom is 0.173 e. The van der Waals surface area contributed by atoms with E-state index in [0.29, 0.717) is 5.75 Å². The fourth-order valence-corrected chi connectivity index (χ4v) is 2.26. The second-order valence-electron chi connectivity index (χ2n) is 2.00. The number of halogens is 1. The van der Waals surface area contributed by atoms with Gasteiger partial charge in [0.05, 0.1) is 9.54 Å². The Morgan fingerprint density at radius 1 is 1.82 bits per heavy atom. The molecule has 0 aromatic carbocycles. The third kappa shape index (κ3) is 2.61. The van der Waals surface area contributed by atoms with E-state index >= 15 is 0 Å². The topological polar surface area (TPSA) is 17.1 Å². The van der Waals surface area contributed by atoms with Crippen molar-refractivity contribution in [1.29, 1.82) is 0 Å². The second-order valence-corrected chi connectivity index (χ2v) is 5.15. The van der Waals surface area contributed by atoms with Crippen molar-refractivity contribution in [2.45, 2.75) is 0 Å². The average Bonchev–Trinajstić information content (AvgIpc) is 2.36. The van der Waals surface area contributed by atoms with Crippen LogP contribution in [0.15, 0.2) is 15.2 Å². The normalized spacial score (nSPS) is 10.0. The van der Waals surface area contributed by atoms with Crippen LogP contribution in [0.4, 0.5) is 0 Å². The first-order valence-electron chi connectivity index (χ1n) is 3.00. The van der Waals surface area contributed by atoms with E-state index in [-0.39, 0.29) is 5.78 Å². The molecule has 1 rings (SSSR count). The summed E-state index contributed by atoms with van der Waals surface area (Å²) in [6.07, 6.45) is 1.93. The smallest absolute Gasteiger partial charge is 0.173 e. The van der Waals surface area contributed by atoms with Crippen molar-refractivity contribution in [2.75, 3.05) is 12.0 Å². The molecule has 1 heterocycles. The predicted octanol–water partition coefficient (Wildman–Crippen LogP) is 3.06. The number of rotatable bonds is 3. The minimum Gasteiger partial charge on any atom is -0.293 e. The van der Waals surface area contributed by atoms with Crippen molar-refractivity contribution in [3.63, 3.8) is 0 Å².